The van der Waals surface area contributed by atoms with E-state index in [1.807, 2.05) is 0 Å². The smallest absolute Gasteiger partial charge is 0.0616 e. The number of rotatable bonds is 3. The van der Waals surface area contributed by atoms with Gasteiger partial charge in [-0.1, -0.05) is 12.8 Å². The Morgan fingerprint density at radius 3 is 2.42 bits per heavy atom. The molecule has 2 fully saturated rings. The second-order valence-electron chi connectivity index (χ2n) is 4.31. The van der Waals surface area contributed by atoms with Crippen molar-refractivity contribution >= 4 is 0 Å². The average Bonchev–Trinajstić information content (AvgIpc) is 2.78. The van der Waals surface area contributed by atoms with Crippen LogP contribution in [-0.4, -0.2) is 19.8 Å². The van der Waals surface area contributed by atoms with Crippen LogP contribution in [0, 0.1) is 17.8 Å². The molecule has 2 N–H and O–H groups in total. The van der Waals surface area contributed by atoms with E-state index in [-0.39, 0.29) is 0 Å². The average molecular weight is 169 g/mol. The number of hydrogen-bond acceptors (Lipinski definition) is 2. The van der Waals surface area contributed by atoms with Gasteiger partial charge in [-0.25, -0.2) is 0 Å². The molecule has 2 nitrogen and oxygen atoms in total. The van der Waals surface area contributed by atoms with Gasteiger partial charge in [0.05, 0.1) is 6.61 Å². The van der Waals surface area contributed by atoms with Gasteiger partial charge < -0.3 is 10.5 Å². The van der Waals surface area contributed by atoms with Crippen LogP contribution in [0.5, 0.6) is 0 Å². The third-order valence-corrected chi connectivity index (χ3v) is 3.58. The molecule has 3 unspecified atom stereocenters. The Morgan fingerprint density at radius 1 is 1.33 bits per heavy atom. The van der Waals surface area contributed by atoms with Crippen LogP contribution in [0.15, 0.2) is 0 Å². The molecule has 2 rings (SSSR count). The Morgan fingerprint density at radius 2 is 1.92 bits per heavy atom. The Labute approximate surface area is 74.5 Å². The number of ether oxygens (including phenoxy) is 1. The fourth-order valence-corrected chi connectivity index (χ4v) is 2.99. The summed E-state index contributed by atoms with van der Waals surface area (Å²) in [6.45, 7) is 0.748. The Bertz CT molecular complexity index is 148. The van der Waals surface area contributed by atoms with E-state index in [1.165, 1.54) is 25.7 Å². The summed E-state index contributed by atoms with van der Waals surface area (Å²) >= 11 is 0. The van der Waals surface area contributed by atoms with Crippen molar-refractivity contribution in [2.45, 2.75) is 31.7 Å². The quantitative estimate of drug-likeness (QED) is 0.693. The number of methoxy groups -OCH3 is 1. The fraction of sp³-hybridized carbons (Fsp3) is 1.00. The zero-order valence-electron chi connectivity index (χ0n) is 7.83. The molecule has 2 aliphatic carbocycles. The van der Waals surface area contributed by atoms with Gasteiger partial charge in [0.15, 0.2) is 0 Å². The zero-order chi connectivity index (χ0) is 8.55. The van der Waals surface area contributed by atoms with Gasteiger partial charge in [0, 0.05) is 13.2 Å². The first-order chi connectivity index (χ1) is 5.84. The molecule has 0 heterocycles. The van der Waals surface area contributed by atoms with E-state index in [2.05, 4.69) is 0 Å². The molecular formula is C10H19NO. The van der Waals surface area contributed by atoms with Crippen molar-refractivity contribution in [2.24, 2.45) is 23.5 Å². The summed E-state index contributed by atoms with van der Waals surface area (Å²) in [7, 11) is 1.74. The van der Waals surface area contributed by atoms with E-state index < -0.39 is 0 Å². The Balaban J connectivity index is 1.83. The van der Waals surface area contributed by atoms with Crippen LogP contribution in [0.1, 0.15) is 25.7 Å². The van der Waals surface area contributed by atoms with E-state index >= 15 is 0 Å². The summed E-state index contributed by atoms with van der Waals surface area (Å²) in [4.78, 5) is 0. The molecule has 0 amide bonds. The fourth-order valence-electron chi connectivity index (χ4n) is 2.99. The summed E-state index contributed by atoms with van der Waals surface area (Å²) in [5.74, 6) is 2.72. The summed E-state index contributed by atoms with van der Waals surface area (Å²) in [6.07, 6.45) is 5.70. The molecule has 0 aromatic heterocycles. The maximum Gasteiger partial charge on any atom is 0.0616 e. The molecule has 0 aliphatic heterocycles. The molecule has 0 spiro atoms. The highest BCUT2D eigenvalue weighted by Gasteiger charge is 2.52. The zero-order valence-corrected chi connectivity index (χ0v) is 7.83. The van der Waals surface area contributed by atoms with E-state index in [0.29, 0.717) is 6.04 Å². The lowest BCUT2D eigenvalue weighted by Gasteiger charge is -2.08. The van der Waals surface area contributed by atoms with Gasteiger partial charge in [-0.2, -0.15) is 0 Å². The van der Waals surface area contributed by atoms with Crippen LogP contribution in [0.2, 0.25) is 0 Å². The predicted molar refractivity (Wildman–Crippen MR) is 48.8 cm³/mol. The highest BCUT2D eigenvalue weighted by molar-refractivity contribution is 5.03. The maximum absolute atomic E-state index is 6.02. The third kappa shape index (κ3) is 1.38. The normalized spacial score (nSPS) is 42.0. The van der Waals surface area contributed by atoms with Crippen LogP contribution < -0.4 is 5.73 Å². The standard InChI is InChI=1S/C10H19NO/c1-12-6-9(11)10-7-4-2-3-5-8(7)10/h7-10H,2-6,11H2,1H3. The van der Waals surface area contributed by atoms with Crippen molar-refractivity contribution in [1.82, 2.24) is 0 Å². The lowest BCUT2D eigenvalue weighted by molar-refractivity contribution is 0.169. The van der Waals surface area contributed by atoms with Crippen LogP contribution in [0.25, 0.3) is 0 Å². The second kappa shape index (κ2) is 3.35. The number of fused-ring (bicyclic) bond motifs is 1. The maximum atomic E-state index is 6.02. The van der Waals surface area contributed by atoms with Crippen molar-refractivity contribution in [3.05, 3.63) is 0 Å². The molecule has 3 atom stereocenters. The van der Waals surface area contributed by atoms with Gasteiger partial charge in [-0.15, -0.1) is 0 Å². The van der Waals surface area contributed by atoms with Gasteiger partial charge in [0.25, 0.3) is 0 Å². The minimum atomic E-state index is 0.308. The Kier molecular flexibility index (Phi) is 2.37. The topological polar surface area (TPSA) is 35.2 Å². The first kappa shape index (κ1) is 8.52. The van der Waals surface area contributed by atoms with E-state index in [4.69, 9.17) is 10.5 Å². The molecule has 0 saturated heterocycles. The minimum absolute atomic E-state index is 0.308. The van der Waals surface area contributed by atoms with E-state index in [9.17, 15) is 0 Å². The first-order valence-corrected chi connectivity index (χ1v) is 5.09. The van der Waals surface area contributed by atoms with Crippen LogP contribution in [0.4, 0.5) is 0 Å². The van der Waals surface area contributed by atoms with Crippen molar-refractivity contribution in [3.8, 4) is 0 Å². The van der Waals surface area contributed by atoms with Gasteiger partial charge >= 0.3 is 0 Å². The lowest BCUT2D eigenvalue weighted by atomic mass is 10.0. The van der Waals surface area contributed by atoms with E-state index in [0.717, 1.165) is 24.4 Å². The van der Waals surface area contributed by atoms with Crippen LogP contribution >= 0.6 is 0 Å². The first-order valence-electron chi connectivity index (χ1n) is 5.09. The summed E-state index contributed by atoms with van der Waals surface area (Å²) < 4.78 is 5.09. The summed E-state index contributed by atoms with van der Waals surface area (Å²) in [6, 6.07) is 0.308. The molecule has 0 aromatic carbocycles. The predicted octanol–water partition coefficient (Wildman–Crippen LogP) is 1.40. The SMILES string of the molecule is COCC(N)C1C2CCCCC21. The molecule has 12 heavy (non-hydrogen) atoms. The highest BCUT2D eigenvalue weighted by Crippen LogP contribution is 2.56. The number of hydrogen-bond donors (Lipinski definition) is 1. The van der Waals surface area contributed by atoms with Gasteiger partial charge in [-0.3, -0.25) is 0 Å². The van der Waals surface area contributed by atoms with Crippen LogP contribution in [0.3, 0.4) is 0 Å². The highest BCUT2D eigenvalue weighted by atomic mass is 16.5. The third-order valence-electron chi connectivity index (χ3n) is 3.58. The Hall–Kier alpha value is -0.0800. The van der Waals surface area contributed by atoms with Crippen molar-refractivity contribution in [1.29, 1.82) is 0 Å². The van der Waals surface area contributed by atoms with Crippen molar-refractivity contribution < 1.29 is 4.74 Å². The molecular weight excluding hydrogens is 150 g/mol. The molecule has 2 heteroatoms. The second-order valence-corrected chi connectivity index (χ2v) is 4.31. The largest absolute Gasteiger partial charge is 0.383 e. The minimum Gasteiger partial charge on any atom is -0.383 e. The molecule has 0 aromatic rings. The molecule has 0 radical (unpaired) electrons. The molecule has 70 valence electrons. The van der Waals surface area contributed by atoms with Gasteiger partial charge in [-0.05, 0) is 30.6 Å². The molecule has 2 saturated carbocycles. The van der Waals surface area contributed by atoms with Crippen LogP contribution in [-0.2, 0) is 4.74 Å². The van der Waals surface area contributed by atoms with Gasteiger partial charge in [0.1, 0.15) is 0 Å². The van der Waals surface area contributed by atoms with E-state index in [1.54, 1.807) is 7.11 Å². The van der Waals surface area contributed by atoms with Gasteiger partial charge in [0.2, 0.25) is 0 Å². The molecule has 0 bridgehead atoms. The monoisotopic (exact) mass is 169 g/mol. The lowest BCUT2D eigenvalue weighted by Crippen LogP contribution is -2.29. The van der Waals surface area contributed by atoms with Crippen molar-refractivity contribution in [3.63, 3.8) is 0 Å². The molecule has 2 aliphatic rings. The van der Waals surface area contributed by atoms with Crippen molar-refractivity contribution in [2.75, 3.05) is 13.7 Å². The summed E-state index contributed by atoms with van der Waals surface area (Å²) in [5, 5.41) is 0. The summed E-state index contributed by atoms with van der Waals surface area (Å²) in [5.41, 5.74) is 6.02. The number of nitrogens with two attached hydrogens (primary N) is 1.